The zero-order valence-electron chi connectivity index (χ0n) is 32.7. The van der Waals surface area contributed by atoms with Crippen molar-refractivity contribution < 1.29 is 49.5 Å². The number of halogens is 1. The lowest BCUT2D eigenvalue weighted by Gasteiger charge is -2.27. The van der Waals surface area contributed by atoms with E-state index >= 15 is 0 Å². The van der Waals surface area contributed by atoms with Gasteiger partial charge < -0.3 is 23.8 Å². The highest BCUT2D eigenvalue weighted by Gasteiger charge is 2.46. The summed E-state index contributed by atoms with van der Waals surface area (Å²) in [6, 6.07) is 7.69. The molecule has 5 rings (SSSR count). The summed E-state index contributed by atoms with van der Waals surface area (Å²) in [7, 11) is -1.98. The second-order valence-electron chi connectivity index (χ2n) is 14.9. The number of nitrogens with zero attached hydrogens (tertiary/aromatic N) is 2. The van der Waals surface area contributed by atoms with Crippen molar-refractivity contribution in [2.24, 2.45) is 0 Å². The van der Waals surface area contributed by atoms with Crippen LogP contribution in [0.1, 0.15) is 70.9 Å². The van der Waals surface area contributed by atoms with Crippen LogP contribution in [0.4, 0.5) is 11.4 Å². The molecule has 300 valence electrons. The molecule has 2 aromatic carbocycles. The van der Waals surface area contributed by atoms with Crippen molar-refractivity contribution in [3.8, 4) is 23.0 Å². The summed E-state index contributed by atoms with van der Waals surface area (Å²) < 4.78 is 90.0. The van der Waals surface area contributed by atoms with E-state index in [9.17, 15) is 25.9 Å². The highest BCUT2D eigenvalue weighted by molar-refractivity contribution is 7.86. The second kappa shape index (κ2) is 16.3. The Morgan fingerprint density at radius 1 is 0.764 bits per heavy atom. The predicted octanol–water partition coefficient (Wildman–Crippen LogP) is 7.49. The van der Waals surface area contributed by atoms with Gasteiger partial charge in [0.15, 0.2) is 28.7 Å². The van der Waals surface area contributed by atoms with E-state index in [1.54, 1.807) is 28.4 Å². The van der Waals surface area contributed by atoms with Crippen LogP contribution < -0.4 is 23.8 Å². The molecule has 2 aromatic rings. The molecular weight excluding hydrogens is 768 g/mol. The first-order chi connectivity index (χ1) is 25.8. The number of anilines is 1. The first-order valence-corrected chi connectivity index (χ1v) is 21.7. The lowest BCUT2D eigenvalue weighted by Crippen LogP contribution is -2.28. The van der Waals surface area contributed by atoms with Crippen molar-refractivity contribution in [3.63, 3.8) is 0 Å². The zero-order chi connectivity index (χ0) is 40.5. The maximum Gasteiger partial charge on any atom is 0.265 e. The first-order valence-electron chi connectivity index (χ1n) is 18.1. The van der Waals surface area contributed by atoms with Crippen LogP contribution in [0.15, 0.2) is 70.4 Å². The van der Waals surface area contributed by atoms with E-state index in [4.69, 9.17) is 30.5 Å². The van der Waals surface area contributed by atoms with Crippen molar-refractivity contribution in [1.82, 2.24) is 0 Å². The Labute approximate surface area is 330 Å². The predicted molar refractivity (Wildman–Crippen MR) is 216 cm³/mol. The standard InChI is InChI=1S/C40H51ClN2O10S2/c1-39(2)28-22-32(50-5)34(52-7)24-30(28)42(18-10-20-54(44,45)46)36(39)16-14-26-12-9-13-27(38(26)41)15-17-37-40(3,4)29-23-33(51-6)35(53-8)25-31(29)43(37)19-11-21-55(47,48)49/h14-17,22-25H,9-13,18-21H2,1-8H3,(H-,44,45,46,47,48,49)/p+1. The number of allylic oxidation sites excluding steroid dienone is 8. The normalized spacial score (nSPS) is 19.4. The molecule has 0 radical (unpaired) electrons. The van der Waals surface area contributed by atoms with Gasteiger partial charge >= 0.3 is 0 Å². The fourth-order valence-corrected chi connectivity index (χ4v) is 9.15. The molecule has 0 fully saturated rings. The number of ether oxygens (including phenoxy) is 4. The van der Waals surface area contributed by atoms with E-state index in [1.807, 2.05) is 48.6 Å². The number of benzene rings is 2. The molecule has 1 aliphatic carbocycles. The number of methoxy groups -OCH3 is 4. The van der Waals surface area contributed by atoms with Gasteiger partial charge in [-0.2, -0.15) is 21.4 Å². The molecule has 0 saturated carbocycles. The van der Waals surface area contributed by atoms with Gasteiger partial charge in [-0.05, 0) is 74.4 Å². The highest BCUT2D eigenvalue weighted by atomic mass is 35.5. The minimum Gasteiger partial charge on any atom is -0.493 e. The van der Waals surface area contributed by atoms with Crippen LogP contribution in [0.3, 0.4) is 0 Å². The van der Waals surface area contributed by atoms with Gasteiger partial charge in [-0.3, -0.25) is 9.11 Å². The van der Waals surface area contributed by atoms with Gasteiger partial charge in [0.2, 0.25) is 5.69 Å². The Balaban J connectivity index is 1.55. The molecule has 0 amide bonds. The number of hydrogen-bond acceptors (Lipinski definition) is 9. The number of rotatable bonds is 15. The average Bonchev–Trinajstić information content (AvgIpc) is 3.45. The van der Waals surface area contributed by atoms with Crippen molar-refractivity contribution in [3.05, 3.63) is 81.6 Å². The summed E-state index contributed by atoms with van der Waals surface area (Å²) in [5, 5.41) is 0.643. The van der Waals surface area contributed by atoms with Crippen molar-refractivity contribution in [1.29, 1.82) is 0 Å². The Morgan fingerprint density at radius 2 is 1.33 bits per heavy atom. The van der Waals surface area contributed by atoms with Gasteiger partial charge in [-0.15, -0.1) is 0 Å². The van der Waals surface area contributed by atoms with Gasteiger partial charge in [0, 0.05) is 52.5 Å². The van der Waals surface area contributed by atoms with Crippen molar-refractivity contribution in [2.45, 2.75) is 70.6 Å². The molecule has 0 bridgehead atoms. The molecule has 0 spiro atoms. The maximum atomic E-state index is 11.6. The number of fused-ring (bicyclic) bond motifs is 2. The topological polar surface area (TPSA) is 152 Å². The van der Waals surface area contributed by atoms with E-state index in [0.717, 1.165) is 64.3 Å². The average molecular weight is 820 g/mol. The molecule has 55 heavy (non-hydrogen) atoms. The Hall–Kier alpha value is -3.82. The molecule has 0 atom stereocenters. The van der Waals surface area contributed by atoms with Crippen molar-refractivity contribution in [2.75, 3.05) is 57.9 Å². The maximum absolute atomic E-state index is 11.6. The summed E-state index contributed by atoms with van der Waals surface area (Å²) in [6.07, 6.45) is 10.9. The number of hydrogen-bond donors (Lipinski definition) is 2. The largest absolute Gasteiger partial charge is 0.493 e. The fourth-order valence-electron chi connectivity index (χ4n) is 7.85. The smallest absolute Gasteiger partial charge is 0.265 e. The van der Waals surface area contributed by atoms with Gasteiger partial charge in [0.05, 0.1) is 51.4 Å². The SMILES string of the molecule is COc1cc2c(cc1OC)C(C)(C)C(=CC=C1CCCC(C=CC3=[N+](CCCS(=O)(=O)O)c4cc(OC)c(OC)cc4C3(C)C)=C1Cl)N2CCCS(=O)(=O)O. The van der Waals surface area contributed by atoms with E-state index in [-0.39, 0.29) is 24.3 Å². The summed E-state index contributed by atoms with van der Waals surface area (Å²) >= 11 is 7.18. The molecule has 3 aliphatic rings. The third-order valence-electron chi connectivity index (χ3n) is 10.7. The van der Waals surface area contributed by atoms with Gasteiger partial charge in [0.25, 0.3) is 20.2 Å². The minimum atomic E-state index is -4.14. The third kappa shape index (κ3) is 8.93. The van der Waals surface area contributed by atoms with Crippen LogP contribution in [-0.4, -0.2) is 89.3 Å². The summed E-state index contributed by atoms with van der Waals surface area (Å²) in [4.78, 5) is 2.07. The van der Waals surface area contributed by atoms with E-state index < -0.39 is 31.1 Å². The molecule has 2 aliphatic heterocycles. The molecule has 2 N–H and O–H groups in total. The molecule has 0 saturated heterocycles. The van der Waals surface area contributed by atoms with Crippen LogP contribution in [0, 0.1) is 0 Å². The molecule has 15 heteroatoms. The van der Waals surface area contributed by atoms with Gasteiger partial charge in [-0.1, -0.05) is 37.6 Å². The molecular formula is C40H52ClN2O10S2+. The lowest BCUT2D eigenvalue weighted by molar-refractivity contribution is -0.437. The third-order valence-corrected chi connectivity index (χ3v) is 12.8. The molecule has 2 heterocycles. The molecule has 0 aromatic heterocycles. The Morgan fingerprint density at radius 3 is 1.93 bits per heavy atom. The minimum absolute atomic E-state index is 0.206. The fraction of sp³-hybridized carbons (Fsp3) is 0.475. The summed E-state index contributed by atoms with van der Waals surface area (Å²) in [6.45, 7) is 9.08. The Bertz CT molecular complexity index is 2220. The molecule has 0 unspecified atom stereocenters. The van der Waals surface area contributed by atoms with Gasteiger partial charge in [0.1, 0.15) is 6.54 Å². The van der Waals surface area contributed by atoms with Crippen LogP contribution in [0.5, 0.6) is 23.0 Å². The van der Waals surface area contributed by atoms with E-state index in [2.05, 4.69) is 37.2 Å². The van der Waals surface area contributed by atoms with Crippen LogP contribution in [0.2, 0.25) is 0 Å². The lowest BCUT2D eigenvalue weighted by atomic mass is 9.81. The Kier molecular flexibility index (Phi) is 12.6. The second-order valence-corrected chi connectivity index (χ2v) is 18.5. The van der Waals surface area contributed by atoms with E-state index in [0.29, 0.717) is 41.1 Å². The van der Waals surface area contributed by atoms with Gasteiger partial charge in [-0.25, -0.2) is 0 Å². The monoisotopic (exact) mass is 819 g/mol. The van der Waals surface area contributed by atoms with E-state index in [1.165, 1.54) is 0 Å². The van der Waals surface area contributed by atoms with Crippen LogP contribution in [0.25, 0.3) is 0 Å². The summed E-state index contributed by atoms with van der Waals surface area (Å²) in [5.74, 6) is 1.53. The summed E-state index contributed by atoms with van der Waals surface area (Å²) in [5.41, 5.74) is 6.49. The highest BCUT2D eigenvalue weighted by Crippen LogP contribution is 2.52. The molecule has 12 nitrogen and oxygen atoms in total. The first kappa shape index (κ1) is 42.3. The van der Waals surface area contributed by atoms with Crippen LogP contribution in [-0.2, 0) is 31.1 Å². The quantitative estimate of drug-likeness (QED) is 0.136. The van der Waals surface area contributed by atoms with Crippen LogP contribution >= 0.6 is 11.6 Å². The van der Waals surface area contributed by atoms with Crippen molar-refractivity contribution >= 4 is 48.9 Å². The zero-order valence-corrected chi connectivity index (χ0v) is 35.1.